The summed E-state index contributed by atoms with van der Waals surface area (Å²) >= 11 is 1.05. The first-order valence-corrected chi connectivity index (χ1v) is 11.7. The minimum Gasteiger partial charge on any atom is -0.493 e. The minimum atomic E-state index is -0.349. The van der Waals surface area contributed by atoms with E-state index in [1.807, 2.05) is 36.5 Å². The van der Waals surface area contributed by atoms with Crippen LogP contribution in [0.3, 0.4) is 0 Å². The lowest BCUT2D eigenvalue weighted by Crippen LogP contribution is -2.25. The molecule has 7 heteroatoms. The Morgan fingerprint density at radius 1 is 1.10 bits per heavy atom. The fourth-order valence-electron chi connectivity index (χ4n) is 3.27. The zero-order valence-corrected chi connectivity index (χ0v) is 19.0. The topological polar surface area (TPSA) is 77.5 Å². The van der Waals surface area contributed by atoms with Crippen LogP contribution in [0.4, 0.5) is 4.79 Å². The van der Waals surface area contributed by atoms with Crippen molar-refractivity contribution in [1.82, 2.24) is 10.3 Å². The van der Waals surface area contributed by atoms with Crippen molar-refractivity contribution in [2.75, 3.05) is 13.2 Å². The molecule has 2 heterocycles. The summed E-state index contributed by atoms with van der Waals surface area (Å²) in [5.41, 5.74) is 3.07. The van der Waals surface area contributed by atoms with Gasteiger partial charge in [0.05, 0.1) is 18.0 Å². The average molecular weight is 443 g/mol. The number of carbonyl (C=O) groups excluding carboxylic acids is 2. The maximum absolute atomic E-state index is 11.7. The largest absolute Gasteiger partial charge is 0.493 e. The molecule has 0 radical (unpaired) electrons. The second kappa shape index (κ2) is 11.9. The molecule has 3 rings (SSSR count). The van der Waals surface area contributed by atoms with Gasteiger partial charge < -0.3 is 9.47 Å². The van der Waals surface area contributed by atoms with Gasteiger partial charge in [-0.05, 0) is 49.1 Å². The van der Waals surface area contributed by atoms with Crippen LogP contribution in [0.25, 0.3) is 0 Å². The number of nitrogens with zero attached hydrogens (tertiary/aromatic N) is 1. The zero-order chi connectivity index (χ0) is 22.1. The molecule has 2 aromatic rings. The van der Waals surface area contributed by atoms with Gasteiger partial charge in [-0.25, -0.2) is 0 Å². The minimum absolute atomic E-state index is 0.0556. The first-order valence-electron chi connectivity index (χ1n) is 10.8. The Bertz CT molecular complexity index is 855. The predicted molar refractivity (Wildman–Crippen MR) is 122 cm³/mol. The Morgan fingerprint density at radius 3 is 2.55 bits per heavy atom. The third kappa shape index (κ3) is 7.36. The SMILES string of the molecule is CCCCCOC(C)c1ccc(CCOc2ccc(CC3SC(=O)NC3=O)cc2)nc1. The second-order valence-electron chi connectivity index (χ2n) is 7.63. The molecule has 31 heavy (non-hydrogen) atoms. The normalized spacial score (nSPS) is 16.9. The van der Waals surface area contributed by atoms with Crippen molar-refractivity contribution >= 4 is 22.9 Å². The van der Waals surface area contributed by atoms with E-state index in [0.717, 1.165) is 53.8 Å². The Labute approximate surface area is 188 Å². The van der Waals surface area contributed by atoms with Gasteiger partial charge in [-0.3, -0.25) is 19.9 Å². The van der Waals surface area contributed by atoms with E-state index in [0.29, 0.717) is 13.0 Å². The summed E-state index contributed by atoms with van der Waals surface area (Å²) < 4.78 is 11.7. The number of amides is 2. The van der Waals surface area contributed by atoms with Crippen LogP contribution < -0.4 is 10.1 Å². The van der Waals surface area contributed by atoms with E-state index in [-0.39, 0.29) is 22.5 Å². The molecule has 0 bridgehead atoms. The van der Waals surface area contributed by atoms with Crippen LogP contribution in [0, 0.1) is 0 Å². The number of hydrogen-bond donors (Lipinski definition) is 1. The molecule has 0 aliphatic carbocycles. The fraction of sp³-hybridized carbons (Fsp3) is 0.458. The number of unbranched alkanes of at least 4 members (excludes halogenated alkanes) is 2. The number of rotatable bonds is 12. The van der Waals surface area contributed by atoms with Gasteiger partial charge in [-0.1, -0.05) is 49.7 Å². The van der Waals surface area contributed by atoms with Crippen LogP contribution >= 0.6 is 11.8 Å². The van der Waals surface area contributed by atoms with Gasteiger partial charge in [0.25, 0.3) is 5.24 Å². The van der Waals surface area contributed by atoms with Gasteiger partial charge >= 0.3 is 0 Å². The smallest absolute Gasteiger partial charge is 0.286 e. The quantitative estimate of drug-likeness (QED) is 0.473. The Balaban J connectivity index is 1.39. The van der Waals surface area contributed by atoms with Gasteiger partial charge in [0.15, 0.2) is 0 Å². The lowest BCUT2D eigenvalue weighted by Gasteiger charge is -2.13. The summed E-state index contributed by atoms with van der Waals surface area (Å²) in [6.45, 7) is 5.57. The van der Waals surface area contributed by atoms with E-state index < -0.39 is 0 Å². The highest BCUT2D eigenvalue weighted by Crippen LogP contribution is 2.24. The van der Waals surface area contributed by atoms with Gasteiger partial charge in [0.1, 0.15) is 5.75 Å². The molecule has 1 aliphatic rings. The highest BCUT2D eigenvalue weighted by atomic mass is 32.2. The third-order valence-electron chi connectivity index (χ3n) is 5.17. The van der Waals surface area contributed by atoms with Crippen molar-refractivity contribution in [3.63, 3.8) is 0 Å². The molecule has 0 spiro atoms. The molecule has 1 aromatic heterocycles. The maximum Gasteiger partial charge on any atom is 0.286 e. The number of pyridine rings is 1. The number of hydrogen-bond acceptors (Lipinski definition) is 6. The number of ether oxygens (including phenoxy) is 2. The van der Waals surface area contributed by atoms with E-state index in [1.165, 1.54) is 12.8 Å². The van der Waals surface area contributed by atoms with Crippen LogP contribution in [0.5, 0.6) is 5.75 Å². The summed E-state index contributed by atoms with van der Waals surface area (Å²) in [6, 6.07) is 11.7. The number of benzene rings is 1. The molecule has 166 valence electrons. The monoisotopic (exact) mass is 442 g/mol. The summed E-state index contributed by atoms with van der Waals surface area (Å²) in [7, 11) is 0. The highest BCUT2D eigenvalue weighted by Gasteiger charge is 2.31. The highest BCUT2D eigenvalue weighted by molar-refractivity contribution is 8.15. The van der Waals surface area contributed by atoms with Crippen LogP contribution in [0.1, 0.15) is 56.0 Å². The number of carbonyl (C=O) groups is 2. The van der Waals surface area contributed by atoms with Crippen LogP contribution in [0.2, 0.25) is 0 Å². The number of imide groups is 1. The lowest BCUT2D eigenvalue weighted by molar-refractivity contribution is -0.118. The van der Waals surface area contributed by atoms with E-state index in [2.05, 4.69) is 30.2 Å². The first kappa shape index (κ1) is 23.3. The van der Waals surface area contributed by atoms with Crippen LogP contribution in [0.15, 0.2) is 42.6 Å². The molecular weight excluding hydrogens is 412 g/mol. The van der Waals surface area contributed by atoms with Crippen molar-refractivity contribution in [3.8, 4) is 5.75 Å². The standard InChI is InChI=1S/C24H30N2O4S/c1-3-4-5-13-29-17(2)19-8-9-20(25-16-19)12-14-30-21-10-6-18(7-11-21)15-22-23(27)26-24(28)31-22/h6-11,16-17,22H,3-5,12-15H2,1-2H3,(H,26,27,28). The third-order valence-corrected chi connectivity index (χ3v) is 6.15. The van der Waals surface area contributed by atoms with E-state index in [1.54, 1.807) is 0 Å². The molecule has 1 aliphatic heterocycles. The van der Waals surface area contributed by atoms with Gasteiger partial charge in [-0.2, -0.15) is 0 Å². The van der Waals surface area contributed by atoms with Crippen molar-refractivity contribution in [2.45, 2.75) is 57.3 Å². The van der Waals surface area contributed by atoms with Crippen molar-refractivity contribution in [3.05, 3.63) is 59.4 Å². The number of thioether (sulfide) groups is 1. The summed E-state index contributed by atoms with van der Waals surface area (Å²) in [5, 5.41) is 1.69. The predicted octanol–water partition coefficient (Wildman–Crippen LogP) is 4.87. The molecule has 0 saturated carbocycles. The molecule has 1 saturated heterocycles. The summed E-state index contributed by atoms with van der Waals surface area (Å²) in [5.74, 6) is 0.556. The van der Waals surface area contributed by atoms with Crippen LogP contribution in [-0.2, 0) is 22.4 Å². The molecule has 1 fully saturated rings. The molecule has 6 nitrogen and oxygen atoms in total. The number of nitrogens with one attached hydrogen (secondary N) is 1. The summed E-state index contributed by atoms with van der Waals surface area (Å²) in [4.78, 5) is 27.5. The molecule has 2 unspecified atom stereocenters. The molecule has 1 N–H and O–H groups in total. The zero-order valence-electron chi connectivity index (χ0n) is 18.1. The van der Waals surface area contributed by atoms with Gasteiger partial charge in [0, 0.05) is 24.9 Å². The fourth-order valence-corrected chi connectivity index (χ4v) is 4.13. The Kier molecular flexibility index (Phi) is 8.91. The summed E-state index contributed by atoms with van der Waals surface area (Å²) in [6.07, 6.45) is 6.68. The Morgan fingerprint density at radius 2 is 1.90 bits per heavy atom. The first-order chi connectivity index (χ1) is 15.0. The lowest BCUT2D eigenvalue weighted by atomic mass is 10.1. The van der Waals surface area contributed by atoms with Gasteiger partial charge in [0.2, 0.25) is 5.91 Å². The van der Waals surface area contributed by atoms with Gasteiger partial charge in [-0.15, -0.1) is 0 Å². The number of aromatic nitrogens is 1. The maximum atomic E-state index is 11.7. The molecular formula is C24H30N2O4S. The Hall–Kier alpha value is -2.38. The molecule has 2 atom stereocenters. The average Bonchev–Trinajstić information content (AvgIpc) is 3.09. The van der Waals surface area contributed by atoms with E-state index in [9.17, 15) is 9.59 Å². The second-order valence-corrected chi connectivity index (χ2v) is 8.81. The molecule has 2 amide bonds. The van der Waals surface area contributed by atoms with Crippen molar-refractivity contribution in [2.24, 2.45) is 0 Å². The van der Waals surface area contributed by atoms with Crippen molar-refractivity contribution in [1.29, 1.82) is 0 Å². The van der Waals surface area contributed by atoms with Crippen molar-refractivity contribution < 1.29 is 19.1 Å². The molecule has 1 aromatic carbocycles. The van der Waals surface area contributed by atoms with E-state index >= 15 is 0 Å². The van der Waals surface area contributed by atoms with E-state index in [4.69, 9.17) is 9.47 Å². The van der Waals surface area contributed by atoms with Crippen LogP contribution in [-0.4, -0.2) is 34.6 Å².